The van der Waals surface area contributed by atoms with E-state index in [9.17, 15) is 14.7 Å². The Labute approximate surface area is 244 Å². The molecule has 0 aliphatic carbocycles. The van der Waals surface area contributed by atoms with Crippen LogP contribution >= 0.6 is 0 Å². The van der Waals surface area contributed by atoms with Crippen LogP contribution in [-0.2, 0) is 22.7 Å². The van der Waals surface area contributed by atoms with Crippen LogP contribution in [0, 0.1) is 0 Å². The summed E-state index contributed by atoms with van der Waals surface area (Å²) in [6.45, 7) is 2.86. The largest absolute Gasteiger partial charge is 0.480 e. The quantitative estimate of drug-likeness (QED) is 0.176. The second-order valence-electron chi connectivity index (χ2n) is 10.3. The van der Waals surface area contributed by atoms with Gasteiger partial charge in [0.1, 0.15) is 18.5 Å². The number of imidazole rings is 1. The molecule has 42 heavy (non-hydrogen) atoms. The molecule has 1 aliphatic heterocycles. The van der Waals surface area contributed by atoms with Crippen LogP contribution in [0.2, 0.25) is 0 Å². The molecule has 0 saturated carbocycles. The molecule has 11 nitrogen and oxygen atoms in total. The van der Waals surface area contributed by atoms with Gasteiger partial charge in [0.15, 0.2) is 0 Å². The summed E-state index contributed by atoms with van der Waals surface area (Å²) in [4.78, 5) is 35.5. The van der Waals surface area contributed by atoms with Crippen LogP contribution in [-0.4, -0.2) is 80.0 Å². The van der Waals surface area contributed by atoms with E-state index >= 15 is 0 Å². The molecule has 4 N–H and O–H groups in total. The molecule has 2 aromatic carbocycles. The number of pyridine rings is 1. The van der Waals surface area contributed by atoms with E-state index in [-0.39, 0.29) is 32.2 Å². The first-order valence-electron chi connectivity index (χ1n) is 14.2. The van der Waals surface area contributed by atoms with Crippen molar-refractivity contribution >= 4 is 28.9 Å². The van der Waals surface area contributed by atoms with Gasteiger partial charge in [0.2, 0.25) is 0 Å². The smallest absolute Gasteiger partial charge is 0.410 e. The number of carboxylic acids is 1. The number of aliphatic hydroxyl groups excluding tert-OH is 1. The maximum absolute atomic E-state index is 12.8. The van der Waals surface area contributed by atoms with Crippen LogP contribution in [0.15, 0.2) is 73.1 Å². The molecule has 0 radical (unpaired) electrons. The highest BCUT2D eigenvalue weighted by Gasteiger charge is 2.40. The Morgan fingerprint density at radius 1 is 1.00 bits per heavy atom. The summed E-state index contributed by atoms with van der Waals surface area (Å²) < 4.78 is 7.56. The SMILES string of the molecule is O=C(O)[C@@H]1C[C@H](Nc2cccc(-c3cccc4ncn(CCCNCCCO)c34)n2)CN1C(=O)OCc1ccccc1. The summed E-state index contributed by atoms with van der Waals surface area (Å²) >= 11 is 0. The lowest BCUT2D eigenvalue weighted by atomic mass is 10.1. The van der Waals surface area contributed by atoms with Gasteiger partial charge in [-0.25, -0.2) is 19.6 Å². The number of anilines is 1. The Kier molecular flexibility index (Phi) is 9.62. The molecule has 220 valence electrons. The molecule has 1 fully saturated rings. The average molecular weight is 573 g/mol. The normalized spacial score (nSPS) is 16.5. The average Bonchev–Trinajstić information content (AvgIpc) is 3.63. The minimum atomic E-state index is -1.07. The third kappa shape index (κ3) is 7.04. The van der Waals surface area contributed by atoms with Gasteiger partial charge in [-0.15, -0.1) is 0 Å². The third-order valence-electron chi connectivity index (χ3n) is 7.31. The van der Waals surface area contributed by atoms with Crippen molar-refractivity contribution in [3.63, 3.8) is 0 Å². The number of hydrogen-bond donors (Lipinski definition) is 4. The number of amides is 1. The highest BCUT2D eigenvalue weighted by Crippen LogP contribution is 2.29. The minimum absolute atomic E-state index is 0.0760. The lowest BCUT2D eigenvalue weighted by molar-refractivity contribution is -0.141. The number of benzene rings is 2. The Hall–Kier alpha value is -4.48. The summed E-state index contributed by atoms with van der Waals surface area (Å²) in [6.07, 6.45) is 3.08. The van der Waals surface area contributed by atoms with E-state index in [1.807, 2.05) is 73.1 Å². The molecule has 1 aliphatic rings. The molecule has 11 heteroatoms. The molecular formula is C31H36N6O5. The number of aliphatic carboxylic acids is 1. The number of nitrogens with zero attached hydrogens (tertiary/aromatic N) is 4. The molecule has 1 saturated heterocycles. The van der Waals surface area contributed by atoms with Gasteiger partial charge >= 0.3 is 12.1 Å². The fourth-order valence-electron chi connectivity index (χ4n) is 5.26. The third-order valence-corrected chi connectivity index (χ3v) is 7.31. The zero-order chi connectivity index (χ0) is 29.3. The van der Waals surface area contributed by atoms with Gasteiger partial charge in [-0.1, -0.05) is 48.5 Å². The zero-order valence-corrected chi connectivity index (χ0v) is 23.4. The summed E-state index contributed by atoms with van der Waals surface area (Å²) in [5.41, 5.74) is 4.42. The summed E-state index contributed by atoms with van der Waals surface area (Å²) in [5, 5.41) is 25.4. The second kappa shape index (κ2) is 13.9. The number of aliphatic hydroxyl groups is 1. The summed E-state index contributed by atoms with van der Waals surface area (Å²) in [5.74, 6) is -0.474. The monoisotopic (exact) mass is 572 g/mol. The topological polar surface area (TPSA) is 142 Å². The highest BCUT2D eigenvalue weighted by atomic mass is 16.6. The Balaban J connectivity index is 1.27. The number of aryl methyl sites for hydroxylation is 1. The van der Waals surface area contributed by atoms with Crippen molar-refractivity contribution in [1.82, 2.24) is 24.8 Å². The minimum Gasteiger partial charge on any atom is -0.480 e. The lowest BCUT2D eigenvalue weighted by Crippen LogP contribution is -2.41. The molecular weight excluding hydrogens is 536 g/mol. The number of nitrogens with one attached hydrogen (secondary N) is 2. The van der Waals surface area contributed by atoms with E-state index in [4.69, 9.17) is 14.8 Å². The fraction of sp³-hybridized carbons (Fsp3) is 0.355. The number of carbonyl (C=O) groups excluding carboxylic acids is 1. The molecule has 1 amide bonds. The standard InChI is InChI=1S/C31H36N6O5/c38-17-7-15-32-14-6-16-36-21-33-26-12-4-10-24(29(26)36)25-11-5-13-28(35-25)34-23-18-27(30(39)40)37(19-23)31(41)42-20-22-8-2-1-3-9-22/h1-5,8-13,21,23,27,32,38H,6-7,14-20H2,(H,34,35)(H,39,40)/t23-,27-/m0/s1. The number of aromatic nitrogens is 3. The van der Waals surface area contributed by atoms with Gasteiger partial charge in [-0.2, -0.15) is 0 Å². The van der Waals surface area contributed by atoms with Crippen LogP contribution in [0.1, 0.15) is 24.8 Å². The van der Waals surface area contributed by atoms with Crippen LogP contribution in [0.25, 0.3) is 22.3 Å². The van der Waals surface area contributed by atoms with Gasteiger partial charge in [-0.3, -0.25) is 4.90 Å². The molecule has 2 aromatic heterocycles. The van der Waals surface area contributed by atoms with Crippen molar-refractivity contribution in [2.45, 2.75) is 44.5 Å². The fourth-order valence-corrected chi connectivity index (χ4v) is 5.26. The van der Waals surface area contributed by atoms with Crippen molar-refractivity contribution in [2.24, 2.45) is 0 Å². The van der Waals surface area contributed by atoms with Crippen molar-refractivity contribution < 1.29 is 24.5 Å². The molecule has 0 unspecified atom stereocenters. The lowest BCUT2D eigenvalue weighted by Gasteiger charge is -2.20. The van der Waals surface area contributed by atoms with Crippen molar-refractivity contribution in [3.05, 3.63) is 78.6 Å². The van der Waals surface area contributed by atoms with Crippen LogP contribution in [0.3, 0.4) is 0 Å². The van der Waals surface area contributed by atoms with Crippen LogP contribution in [0.5, 0.6) is 0 Å². The summed E-state index contributed by atoms with van der Waals surface area (Å²) in [6, 6.07) is 19.6. The van der Waals surface area contributed by atoms with E-state index in [0.717, 1.165) is 60.3 Å². The first-order chi connectivity index (χ1) is 20.5. The van der Waals surface area contributed by atoms with Gasteiger partial charge in [-0.05, 0) is 49.7 Å². The number of rotatable bonds is 13. The van der Waals surface area contributed by atoms with Gasteiger partial charge in [0.25, 0.3) is 0 Å². The molecule has 0 spiro atoms. The van der Waals surface area contributed by atoms with Crippen LogP contribution < -0.4 is 10.6 Å². The van der Waals surface area contributed by atoms with Crippen molar-refractivity contribution in [3.8, 4) is 11.3 Å². The second-order valence-corrected chi connectivity index (χ2v) is 10.3. The predicted molar refractivity (Wildman–Crippen MR) is 159 cm³/mol. The predicted octanol–water partition coefficient (Wildman–Crippen LogP) is 3.74. The number of fused-ring (bicyclic) bond motifs is 1. The maximum Gasteiger partial charge on any atom is 0.410 e. The van der Waals surface area contributed by atoms with Crippen LogP contribution in [0.4, 0.5) is 10.6 Å². The number of hydrogen-bond acceptors (Lipinski definition) is 8. The Morgan fingerprint density at radius 2 is 1.81 bits per heavy atom. The van der Waals surface area contributed by atoms with Gasteiger partial charge < -0.3 is 30.2 Å². The van der Waals surface area contributed by atoms with E-state index in [1.165, 1.54) is 4.90 Å². The number of likely N-dealkylation sites (tertiary alicyclic amines) is 1. The summed E-state index contributed by atoms with van der Waals surface area (Å²) in [7, 11) is 0. The molecule has 3 heterocycles. The van der Waals surface area contributed by atoms with E-state index in [2.05, 4.69) is 20.2 Å². The Bertz CT molecular complexity index is 1490. The molecule has 4 aromatic rings. The molecule has 2 atom stereocenters. The van der Waals surface area contributed by atoms with Gasteiger partial charge in [0.05, 0.1) is 23.1 Å². The molecule has 5 rings (SSSR count). The zero-order valence-electron chi connectivity index (χ0n) is 23.4. The number of para-hydroxylation sites is 1. The van der Waals surface area contributed by atoms with Crippen molar-refractivity contribution in [1.29, 1.82) is 0 Å². The number of carbonyl (C=O) groups is 2. The number of carboxylic acid groups (broad SMARTS) is 1. The maximum atomic E-state index is 12.8. The highest BCUT2D eigenvalue weighted by molar-refractivity contribution is 5.91. The van der Waals surface area contributed by atoms with Gasteiger partial charge in [0, 0.05) is 37.7 Å². The first-order valence-corrected chi connectivity index (χ1v) is 14.2. The van der Waals surface area contributed by atoms with E-state index in [0.29, 0.717) is 5.82 Å². The van der Waals surface area contributed by atoms with E-state index < -0.39 is 18.1 Å². The van der Waals surface area contributed by atoms with Crippen molar-refractivity contribution in [2.75, 3.05) is 31.6 Å². The van der Waals surface area contributed by atoms with E-state index in [1.54, 1.807) is 0 Å². The first kappa shape index (κ1) is 29.0. The number of ether oxygens (including phenoxy) is 1. The Morgan fingerprint density at radius 3 is 2.62 bits per heavy atom. The molecule has 0 bridgehead atoms.